The summed E-state index contributed by atoms with van der Waals surface area (Å²) < 4.78 is 11.9. The minimum atomic E-state index is -1.27. The van der Waals surface area contributed by atoms with Crippen molar-refractivity contribution in [1.82, 2.24) is 0 Å². The molecule has 5 rings (SSSR count). The molecule has 4 aromatic rings. The number of carbonyl (C=O) groups is 2. The largest absolute Gasteiger partial charge is 0.457 e. The Morgan fingerprint density at radius 2 is 1.13 bits per heavy atom. The Balaban J connectivity index is 1.49. The van der Waals surface area contributed by atoms with E-state index in [0.717, 1.165) is 0 Å². The van der Waals surface area contributed by atoms with Crippen molar-refractivity contribution in [1.29, 1.82) is 10.5 Å². The maximum atomic E-state index is 13.8. The van der Waals surface area contributed by atoms with Gasteiger partial charge in [0.15, 0.2) is 0 Å². The number of carbonyl (C=O) groups excluding carboxylic acids is 2. The Morgan fingerprint density at radius 3 is 1.49 bits per heavy atom. The molecule has 0 radical (unpaired) electrons. The summed E-state index contributed by atoms with van der Waals surface area (Å²) in [6.07, 6.45) is 0.751. The van der Waals surface area contributed by atoms with Crippen LogP contribution >= 0.6 is 0 Å². The van der Waals surface area contributed by atoms with Crippen LogP contribution in [-0.4, -0.2) is 11.8 Å². The molecule has 0 aliphatic heterocycles. The van der Waals surface area contributed by atoms with E-state index in [1.807, 2.05) is 0 Å². The topological polar surface area (TPSA) is 129 Å². The van der Waals surface area contributed by atoms with Gasteiger partial charge in [0.1, 0.15) is 28.4 Å². The van der Waals surface area contributed by atoms with Crippen LogP contribution in [0.4, 0.5) is 11.4 Å². The van der Waals surface area contributed by atoms with Gasteiger partial charge in [-0.15, -0.1) is 0 Å². The number of amides is 2. The van der Waals surface area contributed by atoms with E-state index < -0.39 is 17.2 Å². The molecule has 1 aliphatic rings. The summed E-state index contributed by atoms with van der Waals surface area (Å²) in [5.74, 6) is 0.886. The van der Waals surface area contributed by atoms with Gasteiger partial charge >= 0.3 is 0 Å². The highest BCUT2D eigenvalue weighted by molar-refractivity contribution is 6.16. The van der Waals surface area contributed by atoms with E-state index in [2.05, 4.69) is 12.1 Å². The number of benzene rings is 4. The second-order valence-corrected chi connectivity index (χ2v) is 9.06. The fraction of sp³-hybridized carbons (Fsp3) is 0.0968. The van der Waals surface area contributed by atoms with E-state index in [1.165, 1.54) is 4.90 Å². The van der Waals surface area contributed by atoms with E-state index in [0.29, 0.717) is 58.3 Å². The fourth-order valence-electron chi connectivity index (χ4n) is 4.13. The lowest BCUT2D eigenvalue weighted by Gasteiger charge is -2.27. The maximum absolute atomic E-state index is 13.8. The van der Waals surface area contributed by atoms with Crippen molar-refractivity contribution in [2.45, 2.75) is 12.8 Å². The average molecular weight is 515 g/mol. The third-order valence-corrected chi connectivity index (χ3v) is 6.42. The smallest absolute Gasteiger partial charge is 0.247 e. The Bertz CT molecular complexity index is 1530. The van der Waals surface area contributed by atoms with Crippen LogP contribution in [-0.2, 0) is 9.59 Å². The zero-order valence-electron chi connectivity index (χ0n) is 20.7. The lowest BCUT2D eigenvalue weighted by Crippen LogP contribution is -2.41. The first kappa shape index (κ1) is 25.1. The van der Waals surface area contributed by atoms with E-state index >= 15 is 0 Å². The second kappa shape index (κ2) is 10.4. The van der Waals surface area contributed by atoms with Crippen LogP contribution < -0.4 is 20.1 Å². The number of nitriles is 2. The maximum Gasteiger partial charge on any atom is 0.247 e. The molecule has 0 spiro atoms. The Labute approximate surface area is 225 Å². The fourth-order valence-corrected chi connectivity index (χ4v) is 4.13. The second-order valence-electron chi connectivity index (χ2n) is 9.06. The highest BCUT2D eigenvalue weighted by atomic mass is 16.5. The minimum Gasteiger partial charge on any atom is -0.457 e. The normalized spacial score (nSPS) is 12.9. The first-order valence-corrected chi connectivity index (χ1v) is 12.1. The van der Waals surface area contributed by atoms with Crippen LogP contribution in [0.3, 0.4) is 0 Å². The number of ether oxygens (including phenoxy) is 2. The van der Waals surface area contributed by atoms with Gasteiger partial charge in [-0.2, -0.15) is 10.5 Å². The van der Waals surface area contributed by atoms with Crippen molar-refractivity contribution in [2.24, 2.45) is 11.1 Å². The highest BCUT2D eigenvalue weighted by Crippen LogP contribution is 2.49. The van der Waals surface area contributed by atoms with Crippen LogP contribution in [0, 0.1) is 28.1 Å². The molecule has 0 saturated heterocycles. The van der Waals surface area contributed by atoms with Crippen molar-refractivity contribution < 1.29 is 19.1 Å². The molecular weight excluding hydrogens is 492 g/mol. The standard InChI is InChI=1S/C31H22N4O4/c32-19-21-7-11-25(12-8-21)38-27-5-1-3-23(17-27)35(30(37)31(15-16-31)29(34)36)24-4-2-6-28(18-24)39-26-13-9-22(20-33)10-14-26/h1-14,17-18H,15-16H2,(H2,34,36). The molecule has 4 aromatic carbocycles. The molecule has 0 unspecified atom stereocenters. The van der Waals surface area contributed by atoms with Gasteiger partial charge in [-0.05, 0) is 85.6 Å². The number of anilines is 2. The molecule has 0 bridgehead atoms. The van der Waals surface area contributed by atoms with Gasteiger partial charge in [-0.3, -0.25) is 14.5 Å². The lowest BCUT2D eigenvalue weighted by atomic mass is 10.0. The van der Waals surface area contributed by atoms with Gasteiger partial charge in [0, 0.05) is 12.1 Å². The molecule has 0 heterocycles. The van der Waals surface area contributed by atoms with Crippen LogP contribution in [0.5, 0.6) is 23.0 Å². The zero-order valence-corrected chi connectivity index (χ0v) is 20.7. The molecule has 1 aliphatic carbocycles. The molecule has 8 heteroatoms. The van der Waals surface area contributed by atoms with Crippen molar-refractivity contribution in [3.05, 3.63) is 108 Å². The summed E-state index contributed by atoms with van der Waals surface area (Å²) in [5.41, 5.74) is 6.37. The van der Waals surface area contributed by atoms with Gasteiger partial charge < -0.3 is 15.2 Å². The summed E-state index contributed by atoms with van der Waals surface area (Å²) >= 11 is 0. The van der Waals surface area contributed by atoms with Gasteiger partial charge in [0.05, 0.1) is 34.6 Å². The van der Waals surface area contributed by atoms with E-state index in [4.69, 9.17) is 25.7 Å². The number of nitrogens with zero attached hydrogens (tertiary/aromatic N) is 3. The van der Waals surface area contributed by atoms with Crippen molar-refractivity contribution in [3.8, 4) is 35.1 Å². The molecule has 8 nitrogen and oxygen atoms in total. The SMILES string of the molecule is N#Cc1ccc(Oc2cccc(N(C(=O)C3(C(N)=O)CC3)c3cccc(Oc4ccc(C#N)cc4)c3)c2)cc1. The minimum absolute atomic E-state index is 0.376. The molecule has 39 heavy (non-hydrogen) atoms. The van der Waals surface area contributed by atoms with Crippen LogP contribution in [0.1, 0.15) is 24.0 Å². The molecule has 0 aromatic heterocycles. The Morgan fingerprint density at radius 1 is 0.692 bits per heavy atom. The van der Waals surface area contributed by atoms with Crippen LogP contribution in [0.15, 0.2) is 97.1 Å². The first-order valence-electron chi connectivity index (χ1n) is 12.1. The van der Waals surface area contributed by atoms with Crippen molar-refractivity contribution in [2.75, 3.05) is 4.90 Å². The summed E-state index contributed by atoms with van der Waals surface area (Å²) in [5, 5.41) is 18.1. The van der Waals surface area contributed by atoms with E-state index in [9.17, 15) is 9.59 Å². The summed E-state index contributed by atoms with van der Waals surface area (Å²) in [4.78, 5) is 27.6. The highest BCUT2D eigenvalue weighted by Gasteiger charge is 2.57. The van der Waals surface area contributed by atoms with Gasteiger partial charge in [0.25, 0.3) is 0 Å². The number of primary amides is 1. The number of hydrogen-bond donors (Lipinski definition) is 1. The molecule has 2 N–H and O–H groups in total. The monoisotopic (exact) mass is 514 g/mol. The third-order valence-electron chi connectivity index (χ3n) is 6.42. The van der Waals surface area contributed by atoms with Crippen LogP contribution in [0.25, 0.3) is 0 Å². The van der Waals surface area contributed by atoms with Gasteiger partial charge in [-0.25, -0.2) is 0 Å². The van der Waals surface area contributed by atoms with Gasteiger partial charge in [0.2, 0.25) is 11.8 Å². The molecule has 2 amide bonds. The Kier molecular flexibility index (Phi) is 6.69. The molecule has 0 atom stereocenters. The van der Waals surface area contributed by atoms with E-state index in [1.54, 1.807) is 97.1 Å². The summed E-state index contributed by atoms with van der Waals surface area (Å²) in [7, 11) is 0. The number of rotatable bonds is 8. The predicted octanol–water partition coefficient (Wildman–Crippen LogP) is 5.94. The molecule has 1 fully saturated rings. The van der Waals surface area contributed by atoms with Crippen LogP contribution in [0.2, 0.25) is 0 Å². The van der Waals surface area contributed by atoms with Crippen molar-refractivity contribution in [3.63, 3.8) is 0 Å². The average Bonchev–Trinajstić information content (AvgIpc) is 3.77. The third kappa shape index (κ3) is 5.27. The molecule has 190 valence electrons. The van der Waals surface area contributed by atoms with Gasteiger partial charge in [-0.1, -0.05) is 12.1 Å². The molecule has 1 saturated carbocycles. The lowest BCUT2D eigenvalue weighted by molar-refractivity contribution is -0.133. The Hall–Kier alpha value is -5.60. The molecular formula is C31H22N4O4. The van der Waals surface area contributed by atoms with Crippen molar-refractivity contribution >= 4 is 23.2 Å². The predicted molar refractivity (Wildman–Crippen MR) is 143 cm³/mol. The number of hydrogen-bond acceptors (Lipinski definition) is 6. The zero-order chi connectivity index (χ0) is 27.4. The summed E-state index contributed by atoms with van der Waals surface area (Å²) in [6, 6.07) is 31.3. The summed E-state index contributed by atoms with van der Waals surface area (Å²) in [6.45, 7) is 0. The number of nitrogens with two attached hydrogens (primary N) is 1. The quantitative estimate of drug-likeness (QED) is 0.290. The van der Waals surface area contributed by atoms with E-state index in [-0.39, 0.29) is 0 Å². The first-order chi connectivity index (χ1) is 18.9.